The quantitative estimate of drug-likeness (QED) is 0.764. The average molecular weight is 277 g/mol. The molecule has 2 rings (SSSR count). The predicted molar refractivity (Wildman–Crippen MR) is 83.2 cm³/mol. The summed E-state index contributed by atoms with van der Waals surface area (Å²) in [5.74, 6) is 1.48. The van der Waals surface area contributed by atoms with E-state index < -0.39 is 0 Å². The number of halogens is 1. The zero-order chi connectivity index (χ0) is 14.4. The zero-order valence-corrected chi connectivity index (χ0v) is 12.9. The second kappa shape index (κ2) is 7.78. The highest BCUT2D eigenvalue weighted by Crippen LogP contribution is 2.37. The first-order chi connectivity index (χ1) is 9.74. The lowest BCUT2D eigenvalue weighted by Gasteiger charge is -2.34. The maximum atomic E-state index is 13.1. The molecule has 1 nitrogen and oxygen atoms in total. The van der Waals surface area contributed by atoms with Crippen molar-refractivity contribution >= 4 is 0 Å². The number of rotatable bonds is 6. The van der Waals surface area contributed by atoms with Crippen LogP contribution in [0, 0.1) is 17.7 Å². The molecular weight excluding hydrogens is 249 g/mol. The van der Waals surface area contributed by atoms with Gasteiger partial charge in [0.1, 0.15) is 5.82 Å². The molecule has 1 N–H and O–H groups in total. The molecule has 1 saturated carbocycles. The molecular formula is C18H28FN. The van der Waals surface area contributed by atoms with Crippen LogP contribution in [-0.2, 0) is 0 Å². The van der Waals surface area contributed by atoms with Crippen molar-refractivity contribution in [2.75, 3.05) is 6.54 Å². The van der Waals surface area contributed by atoms with Crippen LogP contribution in [0.15, 0.2) is 24.3 Å². The first-order valence-electron chi connectivity index (χ1n) is 8.23. The highest BCUT2D eigenvalue weighted by Gasteiger charge is 2.27. The van der Waals surface area contributed by atoms with Gasteiger partial charge in [0.15, 0.2) is 0 Å². The Morgan fingerprint density at radius 2 is 1.75 bits per heavy atom. The van der Waals surface area contributed by atoms with E-state index >= 15 is 0 Å². The van der Waals surface area contributed by atoms with Crippen LogP contribution in [0.3, 0.4) is 0 Å². The van der Waals surface area contributed by atoms with Crippen molar-refractivity contribution < 1.29 is 4.39 Å². The van der Waals surface area contributed by atoms with Gasteiger partial charge >= 0.3 is 0 Å². The lowest BCUT2D eigenvalue weighted by molar-refractivity contribution is 0.218. The van der Waals surface area contributed by atoms with Crippen LogP contribution in [0.2, 0.25) is 0 Å². The summed E-state index contributed by atoms with van der Waals surface area (Å²) in [6.45, 7) is 5.54. The lowest BCUT2D eigenvalue weighted by Crippen LogP contribution is -2.31. The van der Waals surface area contributed by atoms with Crippen LogP contribution >= 0.6 is 0 Å². The van der Waals surface area contributed by atoms with Gasteiger partial charge in [-0.15, -0.1) is 0 Å². The Hall–Kier alpha value is -0.890. The third-order valence-electron chi connectivity index (χ3n) is 4.78. The van der Waals surface area contributed by atoms with E-state index in [4.69, 9.17) is 0 Å². The van der Waals surface area contributed by atoms with Crippen LogP contribution in [0.4, 0.5) is 4.39 Å². The summed E-state index contributed by atoms with van der Waals surface area (Å²) in [4.78, 5) is 0. The molecule has 1 aliphatic rings. The summed E-state index contributed by atoms with van der Waals surface area (Å²) in [7, 11) is 0. The third-order valence-corrected chi connectivity index (χ3v) is 4.78. The van der Waals surface area contributed by atoms with Gasteiger partial charge in [0.05, 0.1) is 0 Å². The summed E-state index contributed by atoms with van der Waals surface area (Å²) in [6, 6.07) is 7.48. The molecule has 2 heteroatoms. The molecule has 0 saturated heterocycles. The van der Waals surface area contributed by atoms with Gasteiger partial charge in [0.25, 0.3) is 0 Å². The van der Waals surface area contributed by atoms with Crippen molar-refractivity contribution in [2.45, 2.75) is 58.4 Å². The monoisotopic (exact) mass is 277 g/mol. The topological polar surface area (TPSA) is 12.0 Å². The van der Waals surface area contributed by atoms with Gasteiger partial charge in [0, 0.05) is 6.04 Å². The fraction of sp³-hybridized carbons (Fsp3) is 0.667. The molecule has 0 aromatic heterocycles. The Morgan fingerprint density at radius 1 is 1.10 bits per heavy atom. The maximum absolute atomic E-state index is 13.1. The van der Waals surface area contributed by atoms with Crippen molar-refractivity contribution in [3.63, 3.8) is 0 Å². The van der Waals surface area contributed by atoms with Gasteiger partial charge in [-0.25, -0.2) is 4.39 Å². The lowest BCUT2D eigenvalue weighted by atomic mass is 9.76. The van der Waals surface area contributed by atoms with E-state index in [1.165, 1.54) is 37.7 Å². The Balaban J connectivity index is 2.05. The fourth-order valence-corrected chi connectivity index (χ4v) is 3.46. The third kappa shape index (κ3) is 4.05. The van der Waals surface area contributed by atoms with E-state index in [0.29, 0.717) is 12.0 Å². The number of nitrogens with one attached hydrogen (secondary N) is 1. The van der Waals surface area contributed by atoms with E-state index in [2.05, 4.69) is 19.2 Å². The van der Waals surface area contributed by atoms with Gasteiger partial charge in [-0.05, 0) is 55.3 Å². The van der Waals surface area contributed by atoms with Crippen LogP contribution in [0.25, 0.3) is 0 Å². The second-order valence-corrected chi connectivity index (χ2v) is 6.17. The predicted octanol–water partition coefficient (Wildman–Crippen LogP) is 5.08. The van der Waals surface area contributed by atoms with Gasteiger partial charge in [0.2, 0.25) is 0 Å². The van der Waals surface area contributed by atoms with Crippen LogP contribution in [0.1, 0.15) is 64.0 Å². The van der Waals surface area contributed by atoms with Crippen LogP contribution in [-0.4, -0.2) is 6.54 Å². The molecule has 0 amide bonds. The van der Waals surface area contributed by atoms with E-state index in [1.807, 2.05) is 12.1 Å². The molecule has 1 aliphatic carbocycles. The molecule has 0 heterocycles. The first-order valence-corrected chi connectivity index (χ1v) is 8.23. The maximum Gasteiger partial charge on any atom is 0.123 e. The minimum absolute atomic E-state index is 0.141. The number of benzene rings is 1. The molecule has 0 spiro atoms. The van der Waals surface area contributed by atoms with Gasteiger partial charge in [-0.2, -0.15) is 0 Å². The summed E-state index contributed by atoms with van der Waals surface area (Å²) < 4.78 is 13.1. The summed E-state index contributed by atoms with van der Waals surface area (Å²) in [5.41, 5.74) is 1.25. The second-order valence-electron chi connectivity index (χ2n) is 6.17. The standard InChI is InChI=1S/C18H28FN/c1-3-13-20-18(16-9-11-17(19)12-10-16)15-7-5-14(4-2)6-8-15/h9-12,14-15,18,20H,3-8,13H2,1-2H3. The van der Waals surface area contributed by atoms with Crippen molar-refractivity contribution in [3.8, 4) is 0 Å². The smallest absolute Gasteiger partial charge is 0.123 e. The number of hydrogen-bond donors (Lipinski definition) is 1. The SMILES string of the molecule is CCCNC(c1ccc(F)cc1)C1CCC(CC)CC1. The Kier molecular flexibility index (Phi) is 6.03. The van der Waals surface area contributed by atoms with Gasteiger partial charge in [-0.1, -0.05) is 45.2 Å². The van der Waals surface area contributed by atoms with Crippen LogP contribution < -0.4 is 5.32 Å². The molecule has 0 radical (unpaired) electrons. The van der Waals surface area contributed by atoms with E-state index in [-0.39, 0.29) is 5.82 Å². The summed E-state index contributed by atoms with van der Waals surface area (Å²) >= 11 is 0. The minimum Gasteiger partial charge on any atom is -0.310 e. The van der Waals surface area contributed by atoms with Crippen molar-refractivity contribution in [2.24, 2.45) is 11.8 Å². The molecule has 112 valence electrons. The number of hydrogen-bond acceptors (Lipinski definition) is 1. The van der Waals surface area contributed by atoms with Crippen molar-refractivity contribution in [3.05, 3.63) is 35.6 Å². The minimum atomic E-state index is -0.141. The average Bonchev–Trinajstić information content (AvgIpc) is 2.50. The van der Waals surface area contributed by atoms with Gasteiger partial charge in [-0.3, -0.25) is 0 Å². The molecule has 1 aromatic carbocycles. The van der Waals surface area contributed by atoms with Gasteiger partial charge < -0.3 is 5.32 Å². The molecule has 1 fully saturated rings. The highest BCUT2D eigenvalue weighted by atomic mass is 19.1. The Morgan fingerprint density at radius 3 is 2.30 bits per heavy atom. The van der Waals surface area contributed by atoms with Crippen molar-refractivity contribution in [1.82, 2.24) is 5.32 Å². The largest absolute Gasteiger partial charge is 0.310 e. The van der Waals surface area contributed by atoms with Crippen LogP contribution in [0.5, 0.6) is 0 Å². The summed E-state index contributed by atoms with van der Waals surface area (Å²) in [6.07, 6.45) is 7.77. The van der Waals surface area contributed by atoms with E-state index in [9.17, 15) is 4.39 Å². The molecule has 0 aliphatic heterocycles. The fourth-order valence-electron chi connectivity index (χ4n) is 3.46. The van der Waals surface area contributed by atoms with E-state index in [1.54, 1.807) is 12.1 Å². The normalized spacial score (nSPS) is 24.6. The molecule has 1 aromatic rings. The molecule has 1 atom stereocenters. The van der Waals surface area contributed by atoms with Crippen molar-refractivity contribution in [1.29, 1.82) is 0 Å². The first kappa shape index (κ1) is 15.5. The molecule has 20 heavy (non-hydrogen) atoms. The Bertz CT molecular complexity index is 379. The highest BCUT2D eigenvalue weighted by molar-refractivity contribution is 5.21. The molecule has 1 unspecified atom stereocenters. The molecule has 0 bridgehead atoms. The Labute approximate surface area is 123 Å². The zero-order valence-electron chi connectivity index (χ0n) is 12.9. The van der Waals surface area contributed by atoms with E-state index in [0.717, 1.165) is 18.9 Å². The summed E-state index contributed by atoms with van der Waals surface area (Å²) in [5, 5.41) is 3.69.